The summed E-state index contributed by atoms with van der Waals surface area (Å²) in [5, 5.41) is 9.47. The lowest BCUT2D eigenvalue weighted by Gasteiger charge is -2.19. The van der Waals surface area contributed by atoms with E-state index in [1.807, 2.05) is 25.1 Å². The summed E-state index contributed by atoms with van der Waals surface area (Å²) >= 11 is 0. The van der Waals surface area contributed by atoms with Gasteiger partial charge in [-0.1, -0.05) is 32.8 Å². The normalized spacial score (nSPS) is 12.4. The zero-order chi connectivity index (χ0) is 21.6. The predicted molar refractivity (Wildman–Crippen MR) is 119 cm³/mol. The number of rotatable bonds is 12. The molecule has 3 N–H and O–H groups in total. The highest BCUT2D eigenvalue weighted by atomic mass is 16.5. The molecule has 164 valence electrons. The van der Waals surface area contributed by atoms with Gasteiger partial charge in [-0.3, -0.25) is 9.79 Å². The Labute approximate surface area is 175 Å². The Morgan fingerprint density at radius 2 is 1.90 bits per heavy atom. The number of aliphatic imine (C=N–C) groups is 1. The van der Waals surface area contributed by atoms with Gasteiger partial charge in [-0.2, -0.15) is 0 Å². The fourth-order valence-corrected chi connectivity index (χ4v) is 2.85. The lowest BCUT2D eigenvalue weighted by atomic mass is 10.0. The van der Waals surface area contributed by atoms with Crippen molar-refractivity contribution in [3.05, 3.63) is 23.8 Å². The van der Waals surface area contributed by atoms with Crippen molar-refractivity contribution in [2.75, 3.05) is 27.3 Å². The fraction of sp³-hybridized carbons (Fsp3) is 0.636. The first kappa shape index (κ1) is 24.6. The lowest BCUT2D eigenvalue weighted by Crippen LogP contribution is -2.41. The first-order valence-electron chi connectivity index (χ1n) is 10.4. The molecule has 29 heavy (non-hydrogen) atoms. The standard InChI is InChI=1S/C22H38N4O3/c1-7-24-21(27)15-29-19-12-11-18(13-20(19)28-6)14-25-22(23-5)26-17(4)10-8-9-16(2)3/h11-13,16-17H,7-10,14-15H2,1-6H3,(H,24,27)(H2,23,25,26). The number of hydrogen-bond donors (Lipinski definition) is 3. The average Bonchev–Trinajstić information content (AvgIpc) is 2.69. The van der Waals surface area contributed by atoms with Gasteiger partial charge < -0.3 is 25.4 Å². The Kier molecular flexibility index (Phi) is 11.6. The molecule has 0 heterocycles. The van der Waals surface area contributed by atoms with Crippen LogP contribution in [-0.4, -0.2) is 45.2 Å². The van der Waals surface area contributed by atoms with Crippen LogP contribution in [0.1, 0.15) is 52.5 Å². The van der Waals surface area contributed by atoms with E-state index in [2.05, 4.69) is 41.7 Å². The number of likely N-dealkylation sites (N-methyl/N-ethyl adjacent to an activating group) is 1. The number of nitrogens with zero attached hydrogens (tertiary/aromatic N) is 1. The van der Waals surface area contributed by atoms with Crippen molar-refractivity contribution >= 4 is 11.9 Å². The van der Waals surface area contributed by atoms with E-state index in [4.69, 9.17) is 9.47 Å². The van der Waals surface area contributed by atoms with Gasteiger partial charge in [0.1, 0.15) is 0 Å². The molecule has 1 rings (SSSR count). The van der Waals surface area contributed by atoms with Crippen LogP contribution in [0.2, 0.25) is 0 Å². The van der Waals surface area contributed by atoms with E-state index in [9.17, 15) is 4.79 Å². The summed E-state index contributed by atoms with van der Waals surface area (Å²) in [5.41, 5.74) is 1.03. The molecule has 1 aromatic rings. The number of ether oxygens (including phenoxy) is 2. The molecule has 0 aliphatic rings. The van der Waals surface area contributed by atoms with Crippen LogP contribution in [0.15, 0.2) is 23.2 Å². The molecule has 0 radical (unpaired) electrons. The van der Waals surface area contributed by atoms with Crippen molar-refractivity contribution in [3.8, 4) is 11.5 Å². The molecular formula is C22H38N4O3. The highest BCUT2D eigenvalue weighted by Gasteiger charge is 2.10. The van der Waals surface area contributed by atoms with Crippen LogP contribution in [-0.2, 0) is 11.3 Å². The van der Waals surface area contributed by atoms with E-state index in [1.54, 1.807) is 14.2 Å². The highest BCUT2D eigenvalue weighted by Crippen LogP contribution is 2.28. The minimum atomic E-state index is -0.155. The van der Waals surface area contributed by atoms with Gasteiger partial charge in [0.2, 0.25) is 0 Å². The monoisotopic (exact) mass is 406 g/mol. The summed E-state index contributed by atoms with van der Waals surface area (Å²) in [5.74, 6) is 2.50. The summed E-state index contributed by atoms with van der Waals surface area (Å²) < 4.78 is 11.0. The molecule has 0 bridgehead atoms. The second-order valence-electron chi connectivity index (χ2n) is 7.52. The summed E-state index contributed by atoms with van der Waals surface area (Å²) in [7, 11) is 3.36. The Morgan fingerprint density at radius 1 is 1.14 bits per heavy atom. The molecule has 0 aromatic heterocycles. The van der Waals surface area contributed by atoms with E-state index >= 15 is 0 Å². The minimum absolute atomic E-state index is 0.0347. The van der Waals surface area contributed by atoms with Gasteiger partial charge in [0.25, 0.3) is 5.91 Å². The minimum Gasteiger partial charge on any atom is -0.493 e. The number of methoxy groups -OCH3 is 1. The Morgan fingerprint density at radius 3 is 2.52 bits per heavy atom. The number of carbonyl (C=O) groups is 1. The van der Waals surface area contributed by atoms with E-state index in [1.165, 1.54) is 12.8 Å². The number of hydrogen-bond acceptors (Lipinski definition) is 4. The first-order valence-corrected chi connectivity index (χ1v) is 10.4. The molecular weight excluding hydrogens is 368 g/mol. The molecule has 1 unspecified atom stereocenters. The lowest BCUT2D eigenvalue weighted by molar-refractivity contribution is -0.123. The van der Waals surface area contributed by atoms with Gasteiger partial charge in [-0.25, -0.2) is 0 Å². The zero-order valence-electron chi connectivity index (χ0n) is 18.8. The van der Waals surface area contributed by atoms with Crippen molar-refractivity contribution < 1.29 is 14.3 Å². The van der Waals surface area contributed by atoms with Crippen molar-refractivity contribution in [1.29, 1.82) is 0 Å². The van der Waals surface area contributed by atoms with Crippen molar-refractivity contribution in [2.45, 2.75) is 59.5 Å². The van der Waals surface area contributed by atoms with Crippen molar-refractivity contribution in [2.24, 2.45) is 10.9 Å². The summed E-state index contributed by atoms with van der Waals surface area (Å²) in [6, 6.07) is 6.03. The van der Waals surface area contributed by atoms with Crippen molar-refractivity contribution in [3.63, 3.8) is 0 Å². The number of guanidine groups is 1. The van der Waals surface area contributed by atoms with E-state index < -0.39 is 0 Å². The summed E-state index contributed by atoms with van der Waals surface area (Å²) in [6.07, 6.45) is 3.56. The average molecular weight is 407 g/mol. The molecule has 1 aromatic carbocycles. The van der Waals surface area contributed by atoms with Crippen LogP contribution in [0.25, 0.3) is 0 Å². The van der Waals surface area contributed by atoms with Crippen molar-refractivity contribution in [1.82, 2.24) is 16.0 Å². The molecule has 0 saturated carbocycles. The molecule has 7 heteroatoms. The number of carbonyl (C=O) groups excluding carboxylic acids is 1. The Balaban J connectivity index is 2.56. The zero-order valence-corrected chi connectivity index (χ0v) is 18.8. The maximum Gasteiger partial charge on any atom is 0.257 e. The van der Waals surface area contributed by atoms with Crippen LogP contribution < -0.4 is 25.4 Å². The molecule has 7 nitrogen and oxygen atoms in total. The number of benzene rings is 1. The van der Waals surface area contributed by atoms with Crippen LogP contribution in [0.3, 0.4) is 0 Å². The van der Waals surface area contributed by atoms with E-state index in [0.717, 1.165) is 23.9 Å². The quantitative estimate of drug-likeness (QED) is 0.367. The molecule has 1 atom stereocenters. The Bertz CT molecular complexity index is 647. The molecule has 0 fully saturated rings. The SMILES string of the molecule is CCNC(=O)COc1ccc(CNC(=NC)NC(C)CCCC(C)C)cc1OC. The van der Waals surface area contributed by atoms with Gasteiger partial charge in [0.15, 0.2) is 24.1 Å². The molecule has 0 spiro atoms. The highest BCUT2D eigenvalue weighted by molar-refractivity contribution is 5.80. The summed E-state index contributed by atoms with van der Waals surface area (Å²) in [6.45, 7) is 9.70. The van der Waals surface area contributed by atoms with Gasteiger partial charge in [-0.15, -0.1) is 0 Å². The third kappa shape index (κ3) is 10.1. The van der Waals surface area contributed by atoms with Gasteiger partial charge in [-0.05, 0) is 43.9 Å². The predicted octanol–water partition coefficient (Wildman–Crippen LogP) is 3.09. The van der Waals surface area contributed by atoms with Crippen LogP contribution in [0, 0.1) is 5.92 Å². The smallest absolute Gasteiger partial charge is 0.257 e. The number of nitrogens with one attached hydrogen (secondary N) is 3. The van der Waals surface area contributed by atoms with E-state index in [0.29, 0.717) is 30.6 Å². The van der Waals surface area contributed by atoms with Gasteiger partial charge in [0, 0.05) is 26.2 Å². The second-order valence-corrected chi connectivity index (χ2v) is 7.52. The first-order chi connectivity index (χ1) is 13.9. The molecule has 0 aliphatic carbocycles. The van der Waals surface area contributed by atoms with Crippen LogP contribution in [0.4, 0.5) is 0 Å². The van der Waals surface area contributed by atoms with E-state index in [-0.39, 0.29) is 12.5 Å². The van der Waals surface area contributed by atoms with Gasteiger partial charge in [0.05, 0.1) is 7.11 Å². The largest absolute Gasteiger partial charge is 0.493 e. The molecule has 1 amide bonds. The molecule has 0 aliphatic heterocycles. The topological polar surface area (TPSA) is 84.0 Å². The fourth-order valence-electron chi connectivity index (χ4n) is 2.85. The third-order valence-electron chi connectivity index (χ3n) is 4.45. The third-order valence-corrected chi connectivity index (χ3v) is 4.45. The maximum absolute atomic E-state index is 11.6. The Hall–Kier alpha value is -2.44. The second kappa shape index (κ2) is 13.7. The maximum atomic E-state index is 11.6. The van der Waals surface area contributed by atoms with Crippen LogP contribution in [0.5, 0.6) is 11.5 Å². The van der Waals surface area contributed by atoms with Gasteiger partial charge >= 0.3 is 0 Å². The van der Waals surface area contributed by atoms with Crippen LogP contribution >= 0.6 is 0 Å². The molecule has 0 saturated heterocycles. The summed E-state index contributed by atoms with van der Waals surface area (Å²) in [4.78, 5) is 15.9. The number of amides is 1.